The molecule has 2 heteroatoms. The zero-order chi connectivity index (χ0) is 39.8. The first-order valence-corrected chi connectivity index (χ1v) is 21.3. The molecule has 0 amide bonds. The van der Waals surface area contributed by atoms with Crippen molar-refractivity contribution in [1.29, 1.82) is 0 Å². The van der Waals surface area contributed by atoms with Gasteiger partial charge in [0.05, 0.1) is 0 Å². The summed E-state index contributed by atoms with van der Waals surface area (Å²) >= 11 is 1.86. The van der Waals surface area contributed by atoms with Crippen molar-refractivity contribution in [2.24, 2.45) is 0 Å². The van der Waals surface area contributed by atoms with Gasteiger partial charge in [-0.3, -0.25) is 0 Å². The summed E-state index contributed by atoms with van der Waals surface area (Å²) in [6.45, 7) is 0. The lowest BCUT2D eigenvalue weighted by molar-refractivity contribution is 1.29. The Morgan fingerprint density at radius 3 is 1.37 bits per heavy atom. The van der Waals surface area contributed by atoms with E-state index in [1.54, 1.807) is 0 Å². The number of thiophene rings is 1. The second-order valence-corrected chi connectivity index (χ2v) is 16.4. The minimum Gasteiger partial charge on any atom is -0.310 e. The molecule has 0 saturated carbocycles. The van der Waals surface area contributed by atoms with Crippen LogP contribution < -0.4 is 4.90 Å². The summed E-state index contributed by atoms with van der Waals surface area (Å²) in [7, 11) is 0. The third-order valence-electron chi connectivity index (χ3n) is 11.7. The van der Waals surface area contributed by atoms with Crippen LogP contribution in [0.5, 0.6) is 0 Å². The Morgan fingerprint density at radius 2 is 0.717 bits per heavy atom. The lowest BCUT2D eigenvalue weighted by Crippen LogP contribution is -2.09. The van der Waals surface area contributed by atoms with Crippen LogP contribution in [-0.2, 0) is 0 Å². The SMILES string of the molecule is c1ccc(-c2ccccc2-c2ccccc2-c2ccc(N(c3ccc(-c4cc(-c5ccccc5)c5ccccc5c4)cc3)c3ccc4c(c3)sc3ccccc34)cc2)cc1. The van der Waals surface area contributed by atoms with Crippen molar-refractivity contribution in [3.8, 4) is 55.6 Å². The summed E-state index contributed by atoms with van der Waals surface area (Å²) in [6.07, 6.45) is 0. The number of hydrogen-bond donors (Lipinski definition) is 0. The highest BCUT2D eigenvalue weighted by molar-refractivity contribution is 7.25. The molecular formula is C58H39NS. The van der Waals surface area contributed by atoms with Gasteiger partial charge in [-0.15, -0.1) is 11.3 Å². The van der Waals surface area contributed by atoms with E-state index in [2.05, 4.69) is 241 Å². The Morgan fingerprint density at radius 1 is 0.250 bits per heavy atom. The Bertz CT molecular complexity index is 3290. The topological polar surface area (TPSA) is 3.24 Å². The van der Waals surface area contributed by atoms with E-state index in [0.717, 1.165) is 17.1 Å². The molecule has 1 nitrogen and oxygen atoms in total. The van der Waals surface area contributed by atoms with E-state index in [1.165, 1.54) is 86.6 Å². The van der Waals surface area contributed by atoms with Gasteiger partial charge < -0.3 is 4.90 Å². The summed E-state index contributed by atoms with van der Waals surface area (Å²) in [4.78, 5) is 2.39. The third-order valence-corrected chi connectivity index (χ3v) is 12.8. The van der Waals surface area contributed by atoms with E-state index in [9.17, 15) is 0 Å². The number of rotatable bonds is 8. The monoisotopic (exact) mass is 781 g/mol. The van der Waals surface area contributed by atoms with Gasteiger partial charge in [0.15, 0.2) is 0 Å². The second kappa shape index (κ2) is 15.3. The Labute approximate surface area is 354 Å². The van der Waals surface area contributed by atoms with Gasteiger partial charge in [0.1, 0.15) is 0 Å². The molecule has 0 aliphatic rings. The predicted molar refractivity (Wildman–Crippen MR) is 259 cm³/mol. The van der Waals surface area contributed by atoms with Gasteiger partial charge in [-0.1, -0.05) is 182 Å². The van der Waals surface area contributed by atoms with E-state index < -0.39 is 0 Å². The molecule has 0 unspecified atom stereocenters. The first kappa shape index (κ1) is 35.6. The predicted octanol–water partition coefficient (Wildman–Crippen LogP) is 17.0. The standard InChI is InChI=1S/C58H39NS/c1-3-15-41(16-4-1)49-20-9-11-23-52(49)53-24-12-10-21-50(53)43-29-33-47(34-30-43)59(48-35-36-55-54-25-13-14-26-57(54)60-58(55)39-48)46-31-27-40(28-32-46)45-37-44-19-7-8-22-51(44)56(38-45)42-17-5-2-6-18-42/h1-39H. The number of nitrogens with zero attached hydrogens (tertiary/aromatic N) is 1. The van der Waals surface area contributed by atoms with Crippen LogP contribution in [0, 0.1) is 0 Å². The molecule has 282 valence electrons. The molecule has 0 aliphatic carbocycles. The molecule has 0 bridgehead atoms. The first-order valence-electron chi connectivity index (χ1n) is 20.5. The van der Waals surface area contributed by atoms with Crippen molar-refractivity contribution >= 4 is 59.3 Å². The zero-order valence-corrected chi connectivity index (χ0v) is 33.7. The Balaban J connectivity index is 1.01. The quantitative estimate of drug-likeness (QED) is 0.148. The molecule has 0 radical (unpaired) electrons. The highest BCUT2D eigenvalue weighted by Crippen LogP contribution is 2.43. The normalized spacial score (nSPS) is 11.3. The van der Waals surface area contributed by atoms with Gasteiger partial charge in [-0.05, 0) is 121 Å². The lowest BCUT2D eigenvalue weighted by atomic mass is 9.89. The fourth-order valence-electron chi connectivity index (χ4n) is 8.78. The van der Waals surface area contributed by atoms with Crippen LogP contribution in [0.4, 0.5) is 17.1 Å². The molecule has 0 saturated heterocycles. The van der Waals surface area contributed by atoms with Crippen molar-refractivity contribution < 1.29 is 0 Å². The highest BCUT2D eigenvalue weighted by Gasteiger charge is 2.18. The average molecular weight is 782 g/mol. The molecule has 0 N–H and O–H groups in total. The maximum absolute atomic E-state index is 2.39. The summed E-state index contributed by atoms with van der Waals surface area (Å²) < 4.78 is 2.59. The number of fused-ring (bicyclic) bond motifs is 4. The van der Waals surface area contributed by atoms with E-state index in [1.807, 2.05) is 11.3 Å². The summed E-state index contributed by atoms with van der Waals surface area (Å²) in [5, 5.41) is 5.10. The molecule has 0 aliphatic heterocycles. The van der Waals surface area contributed by atoms with E-state index in [4.69, 9.17) is 0 Å². The molecule has 0 atom stereocenters. The van der Waals surface area contributed by atoms with Crippen molar-refractivity contribution in [2.45, 2.75) is 0 Å². The molecule has 1 aromatic heterocycles. The van der Waals surface area contributed by atoms with Crippen molar-refractivity contribution in [3.63, 3.8) is 0 Å². The second-order valence-electron chi connectivity index (χ2n) is 15.3. The summed E-state index contributed by atoms with van der Waals surface area (Å²) in [5.74, 6) is 0. The van der Waals surface area contributed by atoms with Crippen LogP contribution in [0.1, 0.15) is 0 Å². The van der Waals surface area contributed by atoms with Crippen LogP contribution in [-0.4, -0.2) is 0 Å². The fourth-order valence-corrected chi connectivity index (χ4v) is 9.92. The fraction of sp³-hybridized carbons (Fsp3) is 0. The van der Waals surface area contributed by atoms with Gasteiger partial charge in [0.2, 0.25) is 0 Å². The minimum absolute atomic E-state index is 1.10. The molecule has 10 aromatic carbocycles. The average Bonchev–Trinajstić information content (AvgIpc) is 3.70. The van der Waals surface area contributed by atoms with Crippen LogP contribution >= 0.6 is 11.3 Å². The maximum atomic E-state index is 2.39. The molecular weight excluding hydrogens is 743 g/mol. The first-order chi connectivity index (χ1) is 29.7. The Hall–Kier alpha value is -7.52. The third kappa shape index (κ3) is 6.54. The molecule has 0 fully saturated rings. The Kier molecular flexibility index (Phi) is 9.11. The van der Waals surface area contributed by atoms with E-state index in [0.29, 0.717) is 0 Å². The summed E-state index contributed by atoms with van der Waals surface area (Å²) in [5.41, 5.74) is 15.5. The van der Waals surface area contributed by atoms with Crippen molar-refractivity contribution in [3.05, 3.63) is 237 Å². The van der Waals surface area contributed by atoms with Gasteiger partial charge in [-0.25, -0.2) is 0 Å². The highest BCUT2D eigenvalue weighted by atomic mass is 32.1. The van der Waals surface area contributed by atoms with Crippen molar-refractivity contribution in [1.82, 2.24) is 0 Å². The maximum Gasteiger partial charge on any atom is 0.0476 e. The number of hydrogen-bond acceptors (Lipinski definition) is 2. The van der Waals surface area contributed by atoms with Crippen molar-refractivity contribution in [2.75, 3.05) is 4.90 Å². The van der Waals surface area contributed by atoms with Crippen LogP contribution in [0.2, 0.25) is 0 Å². The van der Waals surface area contributed by atoms with Gasteiger partial charge in [-0.2, -0.15) is 0 Å². The smallest absolute Gasteiger partial charge is 0.0476 e. The van der Waals surface area contributed by atoms with Gasteiger partial charge in [0, 0.05) is 37.2 Å². The molecule has 1 heterocycles. The summed E-state index contributed by atoms with van der Waals surface area (Å²) in [6, 6.07) is 86.1. The molecule has 0 spiro atoms. The number of anilines is 3. The molecule has 11 aromatic rings. The van der Waals surface area contributed by atoms with Crippen LogP contribution in [0.15, 0.2) is 237 Å². The molecule has 11 rings (SSSR count). The molecule has 60 heavy (non-hydrogen) atoms. The van der Waals surface area contributed by atoms with E-state index >= 15 is 0 Å². The minimum atomic E-state index is 1.10. The lowest BCUT2D eigenvalue weighted by Gasteiger charge is -2.26. The zero-order valence-electron chi connectivity index (χ0n) is 32.9. The largest absolute Gasteiger partial charge is 0.310 e. The van der Waals surface area contributed by atoms with Gasteiger partial charge >= 0.3 is 0 Å². The van der Waals surface area contributed by atoms with Crippen LogP contribution in [0.3, 0.4) is 0 Å². The van der Waals surface area contributed by atoms with E-state index in [-0.39, 0.29) is 0 Å². The number of benzene rings is 10. The van der Waals surface area contributed by atoms with Crippen LogP contribution in [0.25, 0.3) is 86.6 Å². The van der Waals surface area contributed by atoms with Gasteiger partial charge in [0.25, 0.3) is 0 Å².